The first-order chi connectivity index (χ1) is 10.2. The maximum atomic E-state index is 6.02. The fraction of sp³-hybridized carbons (Fsp3) is 0.214. The molecule has 0 unspecified atom stereocenters. The highest BCUT2D eigenvalue weighted by molar-refractivity contribution is 6.32. The first-order valence-corrected chi connectivity index (χ1v) is 6.92. The number of pyridine rings is 1. The van der Waals surface area contributed by atoms with E-state index in [1.54, 1.807) is 7.05 Å². The molecular formula is C14H15ClN6. The normalized spacial score (nSPS) is 10.8. The van der Waals surface area contributed by atoms with E-state index in [0.717, 1.165) is 16.9 Å². The van der Waals surface area contributed by atoms with Gasteiger partial charge in [0.15, 0.2) is 11.0 Å². The number of nitrogens with zero attached hydrogens (tertiary/aromatic N) is 4. The van der Waals surface area contributed by atoms with Crippen LogP contribution in [0, 0.1) is 6.92 Å². The number of halogens is 1. The Labute approximate surface area is 127 Å². The third-order valence-electron chi connectivity index (χ3n) is 3.22. The van der Waals surface area contributed by atoms with Gasteiger partial charge in [-0.15, -0.1) is 0 Å². The Balaban J connectivity index is 1.84. The zero-order chi connectivity index (χ0) is 14.8. The minimum Gasteiger partial charge on any atom is -0.383 e. The summed E-state index contributed by atoms with van der Waals surface area (Å²) in [4.78, 5) is 12.7. The molecule has 0 saturated heterocycles. The Hall–Kier alpha value is -2.34. The van der Waals surface area contributed by atoms with E-state index in [9.17, 15) is 0 Å². The molecule has 0 spiro atoms. The highest BCUT2D eigenvalue weighted by Crippen LogP contribution is 2.25. The van der Waals surface area contributed by atoms with Crippen molar-refractivity contribution in [3.05, 3.63) is 47.3 Å². The van der Waals surface area contributed by atoms with E-state index >= 15 is 0 Å². The van der Waals surface area contributed by atoms with Crippen LogP contribution in [0.4, 0.5) is 11.5 Å². The minimum atomic E-state index is 0.390. The van der Waals surface area contributed by atoms with Gasteiger partial charge >= 0.3 is 0 Å². The summed E-state index contributed by atoms with van der Waals surface area (Å²) in [5, 5.41) is 6.61. The summed E-state index contributed by atoms with van der Waals surface area (Å²) < 4.78 is 2.01. The van der Waals surface area contributed by atoms with Crippen LogP contribution < -0.4 is 10.6 Å². The highest BCUT2D eigenvalue weighted by atomic mass is 35.5. The Morgan fingerprint density at radius 2 is 2.19 bits per heavy atom. The van der Waals surface area contributed by atoms with Crippen LogP contribution in [0.5, 0.6) is 0 Å². The number of fused-ring (bicyclic) bond motifs is 1. The van der Waals surface area contributed by atoms with Crippen molar-refractivity contribution in [3.8, 4) is 0 Å². The van der Waals surface area contributed by atoms with Gasteiger partial charge in [0, 0.05) is 19.4 Å². The Morgan fingerprint density at radius 3 is 2.95 bits per heavy atom. The van der Waals surface area contributed by atoms with Crippen molar-refractivity contribution in [1.82, 2.24) is 19.4 Å². The maximum absolute atomic E-state index is 6.02. The molecule has 0 aliphatic carbocycles. The fourth-order valence-electron chi connectivity index (χ4n) is 2.18. The van der Waals surface area contributed by atoms with Crippen molar-refractivity contribution in [2.24, 2.45) is 0 Å². The lowest BCUT2D eigenvalue weighted by Crippen LogP contribution is -2.06. The molecule has 3 heterocycles. The third-order valence-corrected chi connectivity index (χ3v) is 3.50. The van der Waals surface area contributed by atoms with Crippen LogP contribution in [0.2, 0.25) is 5.15 Å². The van der Waals surface area contributed by atoms with E-state index in [1.165, 1.54) is 6.33 Å². The molecule has 3 rings (SSSR count). The van der Waals surface area contributed by atoms with Crippen molar-refractivity contribution >= 4 is 28.8 Å². The van der Waals surface area contributed by atoms with Crippen LogP contribution in [-0.4, -0.2) is 26.4 Å². The SMILES string of the molecule is CNc1c(Cl)ncnc1NCc1cn2cccc(C)c2n1. The molecule has 21 heavy (non-hydrogen) atoms. The van der Waals surface area contributed by atoms with Crippen LogP contribution in [0.15, 0.2) is 30.9 Å². The monoisotopic (exact) mass is 302 g/mol. The molecule has 2 N–H and O–H groups in total. The van der Waals surface area contributed by atoms with Crippen molar-refractivity contribution in [2.75, 3.05) is 17.7 Å². The minimum absolute atomic E-state index is 0.390. The molecule has 108 valence electrons. The lowest BCUT2D eigenvalue weighted by molar-refractivity contribution is 1.04. The number of aromatic nitrogens is 4. The van der Waals surface area contributed by atoms with Gasteiger partial charge in [0.25, 0.3) is 0 Å². The largest absolute Gasteiger partial charge is 0.383 e. The molecule has 3 aromatic rings. The van der Waals surface area contributed by atoms with Gasteiger partial charge in [-0.25, -0.2) is 15.0 Å². The molecular weight excluding hydrogens is 288 g/mol. The molecule has 6 nitrogen and oxygen atoms in total. The molecule has 0 bridgehead atoms. The third kappa shape index (κ3) is 2.62. The summed E-state index contributed by atoms with van der Waals surface area (Å²) >= 11 is 6.02. The number of anilines is 2. The molecule has 7 heteroatoms. The van der Waals surface area contributed by atoms with Crippen LogP contribution in [0.25, 0.3) is 5.65 Å². The lowest BCUT2D eigenvalue weighted by Gasteiger charge is -2.09. The number of rotatable bonds is 4. The highest BCUT2D eigenvalue weighted by Gasteiger charge is 2.09. The second-order valence-electron chi connectivity index (χ2n) is 4.65. The van der Waals surface area contributed by atoms with E-state index in [2.05, 4.69) is 25.6 Å². The second-order valence-corrected chi connectivity index (χ2v) is 5.00. The van der Waals surface area contributed by atoms with E-state index < -0.39 is 0 Å². The van der Waals surface area contributed by atoms with Gasteiger partial charge in [-0.05, 0) is 18.6 Å². The average Bonchev–Trinajstić information content (AvgIpc) is 2.90. The van der Waals surface area contributed by atoms with Gasteiger partial charge < -0.3 is 15.0 Å². The number of imidazole rings is 1. The summed E-state index contributed by atoms with van der Waals surface area (Å²) in [6.45, 7) is 2.60. The molecule has 0 aliphatic rings. The summed E-state index contributed by atoms with van der Waals surface area (Å²) in [5.41, 5.74) is 3.72. The summed E-state index contributed by atoms with van der Waals surface area (Å²) in [5.74, 6) is 0.659. The number of nitrogens with one attached hydrogen (secondary N) is 2. The Morgan fingerprint density at radius 1 is 1.33 bits per heavy atom. The quantitative estimate of drug-likeness (QED) is 0.725. The number of hydrogen-bond donors (Lipinski definition) is 2. The maximum Gasteiger partial charge on any atom is 0.157 e. The molecule has 0 aliphatic heterocycles. The van der Waals surface area contributed by atoms with E-state index in [-0.39, 0.29) is 0 Å². The number of hydrogen-bond acceptors (Lipinski definition) is 5. The van der Waals surface area contributed by atoms with Crippen LogP contribution in [0.3, 0.4) is 0 Å². The van der Waals surface area contributed by atoms with Gasteiger partial charge in [-0.1, -0.05) is 17.7 Å². The van der Waals surface area contributed by atoms with E-state index in [4.69, 9.17) is 11.6 Å². The van der Waals surface area contributed by atoms with Gasteiger partial charge in [0.1, 0.15) is 17.7 Å². The van der Waals surface area contributed by atoms with Crippen molar-refractivity contribution in [3.63, 3.8) is 0 Å². The van der Waals surface area contributed by atoms with Gasteiger partial charge in [-0.2, -0.15) is 0 Å². The predicted molar refractivity (Wildman–Crippen MR) is 83.8 cm³/mol. The first-order valence-electron chi connectivity index (χ1n) is 6.54. The lowest BCUT2D eigenvalue weighted by atomic mass is 10.3. The summed E-state index contributed by atoms with van der Waals surface area (Å²) in [7, 11) is 1.78. The van der Waals surface area contributed by atoms with Crippen molar-refractivity contribution < 1.29 is 0 Å². The zero-order valence-corrected chi connectivity index (χ0v) is 12.5. The predicted octanol–water partition coefficient (Wildman–Crippen LogP) is 2.74. The van der Waals surface area contributed by atoms with Crippen molar-refractivity contribution in [2.45, 2.75) is 13.5 Å². The second kappa shape index (κ2) is 5.57. The van der Waals surface area contributed by atoms with Gasteiger partial charge in [0.05, 0.1) is 12.2 Å². The van der Waals surface area contributed by atoms with Gasteiger partial charge in [-0.3, -0.25) is 0 Å². The first kappa shape index (κ1) is 13.6. The van der Waals surface area contributed by atoms with Crippen LogP contribution in [0.1, 0.15) is 11.3 Å². The topological polar surface area (TPSA) is 67.1 Å². The Kier molecular flexibility index (Phi) is 3.62. The summed E-state index contributed by atoms with van der Waals surface area (Å²) in [6, 6.07) is 4.05. The molecule has 0 aromatic carbocycles. The molecule has 0 fully saturated rings. The van der Waals surface area contributed by atoms with Crippen LogP contribution >= 0.6 is 11.6 Å². The molecule has 0 atom stereocenters. The fourth-order valence-corrected chi connectivity index (χ4v) is 2.41. The smallest absolute Gasteiger partial charge is 0.157 e. The molecule has 0 amide bonds. The molecule has 3 aromatic heterocycles. The Bertz CT molecular complexity index is 782. The zero-order valence-electron chi connectivity index (χ0n) is 11.8. The summed E-state index contributed by atoms with van der Waals surface area (Å²) in [6.07, 6.45) is 5.41. The standard InChI is InChI=1S/C14H15ClN6/c1-9-4-3-5-21-7-10(20-14(9)21)6-17-13-11(16-2)12(15)18-8-19-13/h3-5,7-8,16H,6H2,1-2H3,(H,17,18,19). The molecule has 0 radical (unpaired) electrons. The van der Waals surface area contributed by atoms with Gasteiger partial charge in [0.2, 0.25) is 0 Å². The van der Waals surface area contributed by atoms with E-state index in [0.29, 0.717) is 23.2 Å². The average molecular weight is 303 g/mol. The van der Waals surface area contributed by atoms with Crippen LogP contribution in [-0.2, 0) is 6.54 Å². The van der Waals surface area contributed by atoms with Crippen molar-refractivity contribution in [1.29, 1.82) is 0 Å². The van der Waals surface area contributed by atoms with E-state index in [1.807, 2.05) is 35.9 Å². The number of aryl methyl sites for hydroxylation is 1. The molecule has 0 saturated carbocycles.